The van der Waals surface area contributed by atoms with E-state index >= 15 is 0 Å². The second kappa shape index (κ2) is 12.1. The molecular weight excluding hydrogens is 504 g/mol. The van der Waals surface area contributed by atoms with Gasteiger partial charge in [0.05, 0.1) is 17.6 Å². The fourth-order valence-electron chi connectivity index (χ4n) is 5.93. The monoisotopic (exact) mass is 544 g/mol. The van der Waals surface area contributed by atoms with E-state index in [2.05, 4.69) is 11.4 Å². The van der Waals surface area contributed by atoms with Gasteiger partial charge in [0.25, 0.3) is 0 Å². The second-order valence-corrected chi connectivity index (χ2v) is 11.9. The van der Waals surface area contributed by atoms with Gasteiger partial charge in [0.2, 0.25) is 5.91 Å². The van der Waals surface area contributed by atoms with Gasteiger partial charge >= 0.3 is 6.09 Å². The molecule has 4 rings (SSSR count). The molecule has 0 saturated carbocycles. The Morgan fingerprint density at radius 3 is 2.27 bits per heavy atom. The molecule has 212 valence electrons. The molecule has 1 aliphatic carbocycles. The van der Waals surface area contributed by atoms with Crippen molar-refractivity contribution < 1.29 is 24.5 Å². The van der Waals surface area contributed by atoms with Crippen LogP contribution in [-0.2, 0) is 28.8 Å². The molecule has 0 fully saturated rings. The number of aromatic hydroxyl groups is 1. The highest BCUT2D eigenvalue weighted by atomic mass is 16.6. The van der Waals surface area contributed by atoms with E-state index < -0.39 is 35.2 Å². The first kappa shape index (κ1) is 29.2. The summed E-state index contributed by atoms with van der Waals surface area (Å²) in [5.74, 6) is -0.593. The minimum absolute atomic E-state index is 0.0372. The maximum Gasteiger partial charge on any atom is 0.407 e. The SMILES string of the molecule is CC(C)(C)OC(=O)N[C@@H](Cc1ccccc1)[C@@H](O)C[C@@](Cc1ccc(O)cc1)(C(N)=O)[C@H]1CCc2ccccc21. The molecule has 0 bridgehead atoms. The van der Waals surface area contributed by atoms with Gasteiger partial charge in [0, 0.05) is 0 Å². The van der Waals surface area contributed by atoms with E-state index in [4.69, 9.17) is 10.5 Å². The summed E-state index contributed by atoms with van der Waals surface area (Å²) in [5, 5.41) is 24.5. The number of aryl methyl sites for hydroxylation is 1. The van der Waals surface area contributed by atoms with Gasteiger partial charge in [-0.15, -0.1) is 0 Å². The standard InChI is InChI=1S/C33H40N2O5/c1-32(2,3)40-31(39)35-28(19-22-9-5-4-6-10-22)29(37)21-33(30(34)38,20-23-13-16-25(36)17-14-23)27-18-15-24-11-7-8-12-26(24)27/h4-14,16-17,27-29,36-37H,15,18-21H2,1-3H3,(H2,34,38)(H,35,39)/t27-,28-,29-,33+/m0/s1. The van der Waals surface area contributed by atoms with Crippen LogP contribution in [0.25, 0.3) is 0 Å². The van der Waals surface area contributed by atoms with Gasteiger partial charge in [-0.3, -0.25) is 4.79 Å². The number of carbonyl (C=O) groups excluding carboxylic acids is 2. The highest BCUT2D eigenvalue weighted by Gasteiger charge is 2.49. The topological polar surface area (TPSA) is 122 Å². The van der Waals surface area contributed by atoms with Crippen LogP contribution in [0.1, 0.15) is 61.8 Å². The van der Waals surface area contributed by atoms with E-state index in [9.17, 15) is 19.8 Å². The van der Waals surface area contributed by atoms with Crippen LogP contribution in [0.5, 0.6) is 5.75 Å². The number of nitrogens with one attached hydrogen (secondary N) is 1. The summed E-state index contributed by atoms with van der Waals surface area (Å²) < 4.78 is 5.51. The van der Waals surface area contributed by atoms with E-state index in [0.717, 1.165) is 29.5 Å². The Bertz CT molecular complexity index is 1300. The summed E-state index contributed by atoms with van der Waals surface area (Å²) in [4.78, 5) is 26.4. The summed E-state index contributed by atoms with van der Waals surface area (Å²) in [6.45, 7) is 5.34. The summed E-state index contributed by atoms with van der Waals surface area (Å²) in [7, 11) is 0. The van der Waals surface area contributed by atoms with Gasteiger partial charge in [-0.05, 0) is 93.2 Å². The maximum absolute atomic E-state index is 13.6. The number of nitrogens with two attached hydrogens (primary N) is 1. The minimum Gasteiger partial charge on any atom is -0.508 e. The molecule has 0 aromatic heterocycles. The van der Waals surface area contributed by atoms with Crippen LogP contribution in [0.2, 0.25) is 0 Å². The number of primary amides is 1. The normalized spacial score (nSPS) is 17.8. The zero-order valence-electron chi connectivity index (χ0n) is 23.5. The van der Waals surface area contributed by atoms with E-state index in [1.807, 2.05) is 48.5 Å². The highest BCUT2D eigenvalue weighted by molar-refractivity contribution is 5.83. The fourth-order valence-corrected chi connectivity index (χ4v) is 5.93. The summed E-state index contributed by atoms with van der Waals surface area (Å²) in [6.07, 6.45) is 0.447. The van der Waals surface area contributed by atoms with E-state index in [-0.39, 0.29) is 24.5 Å². The Hall–Kier alpha value is -3.84. The van der Waals surface area contributed by atoms with Crippen LogP contribution in [0, 0.1) is 5.41 Å². The number of amides is 2. The van der Waals surface area contributed by atoms with E-state index in [1.165, 1.54) is 5.56 Å². The first-order chi connectivity index (χ1) is 19.0. The lowest BCUT2D eigenvalue weighted by molar-refractivity contribution is -0.131. The molecule has 0 aliphatic heterocycles. The Kier molecular flexibility index (Phi) is 8.84. The number of benzene rings is 3. The lowest BCUT2D eigenvalue weighted by Crippen LogP contribution is -2.52. The van der Waals surface area contributed by atoms with Crippen LogP contribution >= 0.6 is 0 Å². The molecule has 3 aromatic rings. The second-order valence-electron chi connectivity index (χ2n) is 11.9. The third-order valence-electron chi connectivity index (χ3n) is 7.78. The molecule has 2 amide bonds. The summed E-state index contributed by atoms with van der Waals surface area (Å²) in [6, 6.07) is 23.6. The number of hydrogen-bond donors (Lipinski definition) is 4. The first-order valence-electron chi connectivity index (χ1n) is 13.8. The third-order valence-corrected chi connectivity index (χ3v) is 7.78. The molecule has 7 heteroatoms. The zero-order valence-corrected chi connectivity index (χ0v) is 23.5. The Morgan fingerprint density at radius 2 is 1.62 bits per heavy atom. The molecule has 0 saturated heterocycles. The lowest BCUT2D eigenvalue weighted by Gasteiger charge is -2.40. The van der Waals surface area contributed by atoms with Crippen molar-refractivity contribution in [3.05, 3.63) is 101 Å². The van der Waals surface area contributed by atoms with Crippen molar-refractivity contribution in [2.45, 2.75) is 76.5 Å². The van der Waals surface area contributed by atoms with Crippen molar-refractivity contribution >= 4 is 12.0 Å². The number of carbonyl (C=O) groups is 2. The summed E-state index contributed by atoms with van der Waals surface area (Å²) >= 11 is 0. The van der Waals surface area contributed by atoms with Crippen molar-refractivity contribution in [1.29, 1.82) is 0 Å². The van der Waals surface area contributed by atoms with Crippen molar-refractivity contribution in [2.75, 3.05) is 0 Å². The van der Waals surface area contributed by atoms with Crippen molar-refractivity contribution in [2.24, 2.45) is 11.1 Å². The molecule has 0 unspecified atom stereocenters. The molecular formula is C33H40N2O5. The minimum atomic E-state index is -1.15. The smallest absolute Gasteiger partial charge is 0.407 e. The molecule has 40 heavy (non-hydrogen) atoms. The predicted octanol–water partition coefficient (Wildman–Crippen LogP) is 5.02. The number of phenols is 1. The lowest BCUT2D eigenvalue weighted by atomic mass is 9.64. The van der Waals surface area contributed by atoms with Gasteiger partial charge in [-0.25, -0.2) is 4.79 Å². The Balaban J connectivity index is 1.72. The molecule has 0 radical (unpaired) electrons. The quantitative estimate of drug-likeness (QED) is 0.285. The molecule has 7 nitrogen and oxygen atoms in total. The molecule has 3 aromatic carbocycles. The van der Waals surface area contributed by atoms with Crippen LogP contribution < -0.4 is 11.1 Å². The van der Waals surface area contributed by atoms with Crippen LogP contribution in [0.3, 0.4) is 0 Å². The largest absolute Gasteiger partial charge is 0.508 e. The number of alkyl carbamates (subject to hydrolysis) is 1. The molecule has 0 heterocycles. The van der Waals surface area contributed by atoms with Crippen molar-refractivity contribution in [1.82, 2.24) is 5.32 Å². The number of aliphatic hydroxyl groups is 1. The van der Waals surface area contributed by atoms with Crippen LogP contribution in [-0.4, -0.2) is 40.0 Å². The summed E-state index contributed by atoms with van der Waals surface area (Å²) in [5.41, 5.74) is 8.39. The van der Waals surface area contributed by atoms with Crippen molar-refractivity contribution in [3.8, 4) is 5.75 Å². The van der Waals surface area contributed by atoms with Gasteiger partial charge in [-0.2, -0.15) is 0 Å². The van der Waals surface area contributed by atoms with E-state index in [0.29, 0.717) is 6.42 Å². The van der Waals surface area contributed by atoms with Gasteiger partial charge in [-0.1, -0.05) is 66.7 Å². The first-order valence-corrected chi connectivity index (χ1v) is 13.8. The Morgan fingerprint density at radius 1 is 0.975 bits per heavy atom. The predicted molar refractivity (Wildman–Crippen MR) is 155 cm³/mol. The maximum atomic E-state index is 13.6. The third kappa shape index (κ3) is 7.02. The van der Waals surface area contributed by atoms with Crippen LogP contribution in [0.15, 0.2) is 78.9 Å². The van der Waals surface area contributed by atoms with E-state index in [1.54, 1.807) is 45.0 Å². The number of ether oxygens (including phenoxy) is 1. The fraction of sp³-hybridized carbons (Fsp3) is 0.394. The molecule has 4 atom stereocenters. The Labute approximate surface area is 236 Å². The average Bonchev–Trinajstić information content (AvgIpc) is 3.33. The average molecular weight is 545 g/mol. The zero-order chi connectivity index (χ0) is 28.9. The molecule has 0 spiro atoms. The van der Waals surface area contributed by atoms with Crippen LogP contribution in [0.4, 0.5) is 4.79 Å². The number of hydrogen-bond acceptors (Lipinski definition) is 5. The van der Waals surface area contributed by atoms with Gasteiger partial charge < -0.3 is 26.0 Å². The van der Waals surface area contributed by atoms with Gasteiger partial charge in [0.1, 0.15) is 11.4 Å². The number of aliphatic hydroxyl groups excluding tert-OH is 1. The highest BCUT2D eigenvalue weighted by Crippen LogP contribution is 2.50. The number of rotatable bonds is 10. The molecule has 5 N–H and O–H groups in total. The molecule has 1 aliphatic rings. The number of phenolic OH excluding ortho intramolecular Hbond substituents is 1. The number of fused-ring (bicyclic) bond motifs is 1. The van der Waals surface area contributed by atoms with Gasteiger partial charge in [0.15, 0.2) is 0 Å². The van der Waals surface area contributed by atoms with Crippen molar-refractivity contribution in [3.63, 3.8) is 0 Å².